The van der Waals surface area contributed by atoms with Crippen molar-refractivity contribution < 1.29 is 5.11 Å². The van der Waals surface area contributed by atoms with E-state index in [1.54, 1.807) is 0 Å². The smallest absolute Gasteiger partial charge is 0.0670 e. The van der Waals surface area contributed by atoms with Crippen LogP contribution in [0.1, 0.15) is 32.1 Å². The Kier molecular flexibility index (Phi) is 7.17. The van der Waals surface area contributed by atoms with E-state index in [1.807, 2.05) is 17.8 Å². The number of likely N-dealkylation sites (tertiary alicyclic amines) is 1. The standard InChI is InChI=1S/C13H25NOS/c1-3-4-7-12(15)10-14-9-6-5-8-13(11-14)16-2/h3,12-13,15H,1,4-11H2,2H3/t12-,13-/m0/s1. The fourth-order valence-electron chi connectivity index (χ4n) is 2.24. The van der Waals surface area contributed by atoms with Gasteiger partial charge in [-0.05, 0) is 38.5 Å². The molecule has 0 saturated carbocycles. The monoisotopic (exact) mass is 243 g/mol. The van der Waals surface area contributed by atoms with Gasteiger partial charge in [-0.25, -0.2) is 0 Å². The third-order valence-corrected chi connectivity index (χ3v) is 4.27. The Labute approximate surface area is 104 Å². The van der Waals surface area contributed by atoms with E-state index < -0.39 is 0 Å². The van der Waals surface area contributed by atoms with Crippen LogP contribution in [-0.2, 0) is 0 Å². The molecule has 0 aromatic heterocycles. The van der Waals surface area contributed by atoms with Gasteiger partial charge in [0, 0.05) is 18.3 Å². The zero-order valence-electron chi connectivity index (χ0n) is 10.4. The molecule has 1 saturated heterocycles. The first-order valence-corrected chi connectivity index (χ1v) is 7.59. The van der Waals surface area contributed by atoms with Gasteiger partial charge in [0.2, 0.25) is 0 Å². The quantitative estimate of drug-likeness (QED) is 0.725. The summed E-state index contributed by atoms with van der Waals surface area (Å²) in [4.78, 5) is 2.43. The average Bonchev–Trinajstić information content (AvgIpc) is 2.51. The van der Waals surface area contributed by atoms with Gasteiger partial charge in [-0.15, -0.1) is 6.58 Å². The first kappa shape index (κ1) is 14.1. The van der Waals surface area contributed by atoms with E-state index in [1.165, 1.54) is 19.3 Å². The summed E-state index contributed by atoms with van der Waals surface area (Å²) in [6.45, 7) is 6.83. The van der Waals surface area contributed by atoms with Crippen molar-refractivity contribution in [3.8, 4) is 0 Å². The van der Waals surface area contributed by atoms with Crippen molar-refractivity contribution in [3.05, 3.63) is 12.7 Å². The lowest BCUT2D eigenvalue weighted by atomic mass is 10.2. The van der Waals surface area contributed by atoms with Crippen molar-refractivity contribution in [1.29, 1.82) is 0 Å². The van der Waals surface area contributed by atoms with Crippen molar-refractivity contribution >= 4 is 11.8 Å². The normalized spacial score (nSPS) is 25.0. The molecule has 0 amide bonds. The molecule has 0 aromatic carbocycles. The van der Waals surface area contributed by atoms with Gasteiger partial charge in [-0.1, -0.05) is 12.5 Å². The number of hydrogen-bond donors (Lipinski definition) is 1. The van der Waals surface area contributed by atoms with Crippen molar-refractivity contribution in [2.45, 2.75) is 43.5 Å². The van der Waals surface area contributed by atoms with Crippen molar-refractivity contribution in [1.82, 2.24) is 4.90 Å². The van der Waals surface area contributed by atoms with E-state index in [4.69, 9.17) is 0 Å². The summed E-state index contributed by atoms with van der Waals surface area (Å²) in [6, 6.07) is 0. The van der Waals surface area contributed by atoms with Gasteiger partial charge in [-0.3, -0.25) is 4.90 Å². The molecule has 0 unspecified atom stereocenters. The summed E-state index contributed by atoms with van der Waals surface area (Å²) in [7, 11) is 0. The highest BCUT2D eigenvalue weighted by Gasteiger charge is 2.19. The van der Waals surface area contributed by atoms with Gasteiger partial charge in [0.05, 0.1) is 6.10 Å². The molecule has 2 nitrogen and oxygen atoms in total. The highest BCUT2D eigenvalue weighted by Crippen LogP contribution is 2.20. The number of aliphatic hydroxyl groups excluding tert-OH is 1. The third kappa shape index (κ3) is 5.37. The first-order chi connectivity index (χ1) is 7.76. The van der Waals surface area contributed by atoms with Crippen molar-refractivity contribution in [2.75, 3.05) is 25.9 Å². The predicted octanol–water partition coefficient (Wildman–Crippen LogP) is 2.53. The molecule has 1 aliphatic rings. The molecule has 1 heterocycles. The Morgan fingerprint density at radius 3 is 3.06 bits per heavy atom. The Morgan fingerprint density at radius 2 is 2.38 bits per heavy atom. The van der Waals surface area contributed by atoms with Gasteiger partial charge in [0.1, 0.15) is 0 Å². The maximum absolute atomic E-state index is 9.89. The number of hydrogen-bond acceptors (Lipinski definition) is 3. The van der Waals surface area contributed by atoms with Gasteiger partial charge in [-0.2, -0.15) is 11.8 Å². The molecule has 0 radical (unpaired) electrons. The van der Waals surface area contributed by atoms with Crippen LogP contribution in [0, 0.1) is 0 Å². The number of nitrogens with zero attached hydrogens (tertiary/aromatic N) is 1. The molecule has 1 rings (SSSR count). The van der Waals surface area contributed by atoms with E-state index in [9.17, 15) is 5.11 Å². The van der Waals surface area contributed by atoms with Crippen LogP contribution in [0.2, 0.25) is 0 Å². The van der Waals surface area contributed by atoms with Crippen LogP contribution in [0.4, 0.5) is 0 Å². The van der Waals surface area contributed by atoms with Crippen LogP contribution >= 0.6 is 11.8 Å². The van der Waals surface area contributed by atoms with Crippen molar-refractivity contribution in [2.24, 2.45) is 0 Å². The third-order valence-electron chi connectivity index (χ3n) is 3.22. The first-order valence-electron chi connectivity index (χ1n) is 6.30. The zero-order chi connectivity index (χ0) is 11.8. The number of thioether (sulfide) groups is 1. The Morgan fingerprint density at radius 1 is 1.56 bits per heavy atom. The maximum Gasteiger partial charge on any atom is 0.0670 e. The molecule has 0 aromatic rings. The van der Waals surface area contributed by atoms with Gasteiger partial charge in [0.15, 0.2) is 0 Å². The van der Waals surface area contributed by atoms with E-state index in [0.29, 0.717) is 0 Å². The van der Waals surface area contributed by atoms with E-state index in [-0.39, 0.29) is 6.10 Å². The lowest BCUT2D eigenvalue weighted by Gasteiger charge is -2.25. The molecule has 0 spiro atoms. The fourth-order valence-corrected chi connectivity index (χ4v) is 3.00. The Bertz CT molecular complexity index is 198. The predicted molar refractivity (Wildman–Crippen MR) is 73.0 cm³/mol. The van der Waals surface area contributed by atoms with Gasteiger partial charge < -0.3 is 5.11 Å². The van der Waals surface area contributed by atoms with Crippen LogP contribution in [0.25, 0.3) is 0 Å². The molecular formula is C13H25NOS. The Hall–Kier alpha value is 0.0100. The second kappa shape index (κ2) is 8.15. The van der Waals surface area contributed by atoms with Crippen LogP contribution in [0.3, 0.4) is 0 Å². The highest BCUT2D eigenvalue weighted by atomic mass is 32.2. The molecule has 3 heteroatoms. The minimum atomic E-state index is -0.182. The maximum atomic E-state index is 9.89. The summed E-state index contributed by atoms with van der Waals surface area (Å²) in [5, 5.41) is 10.6. The summed E-state index contributed by atoms with van der Waals surface area (Å²) >= 11 is 1.97. The zero-order valence-corrected chi connectivity index (χ0v) is 11.2. The molecule has 0 aliphatic carbocycles. The lowest BCUT2D eigenvalue weighted by Crippen LogP contribution is -2.36. The molecule has 1 N–H and O–H groups in total. The molecule has 94 valence electrons. The van der Waals surface area contributed by atoms with Crippen molar-refractivity contribution in [3.63, 3.8) is 0 Å². The van der Waals surface area contributed by atoms with Crippen LogP contribution in [0.15, 0.2) is 12.7 Å². The van der Waals surface area contributed by atoms with Gasteiger partial charge >= 0.3 is 0 Å². The van der Waals surface area contributed by atoms with E-state index >= 15 is 0 Å². The second-order valence-corrected chi connectivity index (χ2v) is 5.77. The van der Waals surface area contributed by atoms with Gasteiger partial charge in [0.25, 0.3) is 0 Å². The van der Waals surface area contributed by atoms with E-state index in [2.05, 4.69) is 17.7 Å². The van der Waals surface area contributed by atoms with E-state index in [0.717, 1.165) is 37.7 Å². The lowest BCUT2D eigenvalue weighted by molar-refractivity contribution is 0.108. The second-order valence-electron chi connectivity index (χ2n) is 4.63. The fraction of sp³-hybridized carbons (Fsp3) is 0.846. The molecular weight excluding hydrogens is 218 g/mol. The molecule has 2 atom stereocenters. The SMILES string of the molecule is C=CCC[C@H](O)CN1CCCC[C@H](SC)C1. The summed E-state index contributed by atoms with van der Waals surface area (Å²) < 4.78 is 0. The minimum absolute atomic E-state index is 0.182. The van der Waals surface area contributed by atoms with Crippen LogP contribution < -0.4 is 0 Å². The number of allylic oxidation sites excluding steroid dienone is 1. The largest absolute Gasteiger partial charge is 0.392 e. The topological polar surface area (TPSA) is 23.5 Å². The Balaban J connectivity index is 2.30. The number of β-amino-alcohol motifs (C(OH)–C–C–N with tert-alkyl or cyclic N) is 1. The van der Waals surface area contributed by atoms with Crippen LogP contribution in [0.5, 0.6) is 0 Å². The molecule has 16 heavy (non-hydrogen) atoms. The summed E-state index contributed by atoms with van der Waals surface area (Å²) in [5.74, 6) is 0. The molecule has 1 fully saturated rings. The summed E-state index contributed by atoms with van der Waals surface area (Å²) in [5.41, 5.74) is 0. The number of rotatable bonds is 6. The highest BCUT2D eigenvalue weighted by molar-refractivity contribution is 7.99. The molecule has 1 aliphatic heterocycles. The number of aliphatic hydroxyl groups is 1. The molecule has 0 bridgehead atoms. The minimum Gasteiger partial charge on any atom is -0.392 e. The van der Waals surface area contributed by atoms with Crippen LogP contribution in [-0.4, -0.2) is 47.3 Å². The average molecular weight is 243 g/mol. The summed E-state index contributed by atoms with van der Waals surface area (Å²) in [6.07, 6.45) is 9.62.